The molecular formula is C23H33FN4O2. The Morgan fingerprint density at radius 1 is 1.23 bits per heavy atom. The van der Waals surface area contributed by atoms with Crippen LogP contribution >= 0.6 is 0 Å². The van der Waals surface area contributed by atoms with E-state index in [4.69, 9.17) is 14.1 Å². The molecule has 0 bridgehead atoms. The first kappa shape index (κ1) is 22.3. The molecule has 1 saturated heterocycles. The van der Waals surface area contributed by atoms with Gasteiger partial charge in [0.15, 0.2) is 5.96 Å². The van der Waals surface area contributed by atoms with Crippen LogP contribution in [0.15, 0.2) is 46.0 Å². The Morgan fingerprint density at radius 3 is 2.77 bits per heavy atom. The molecule has 0 saturated carbocycles. The lowest BCUT2D eigenvalue weighted by molar-refractivity contribution is 0.146. The van der Waals surface area contributed by atoms with Crippen molar-refractivity contribution in [1.29, 1.82) is 0 Å². The van der Waals surface area contributed by atoms with Gasteiger partial charge in [-0.3, -0.25) is 4.90 Å². The number of hydrogen-bond acceptors (Lipinski definition) is 4. The topological polar surface area (TPSA) is 62.0 Å². The van der Waals surface area contributed by atoms with Crippen LogP contribution in [0.3, 0.4) is 0 Å². The second kappa shape index (κ2) is 11.7. The lowest BCUT2D eigenvalue weighted by atomic mass is 10.1. The Morgan fingerprint density at radius 2 is 2.07 bits per heavy atom. The van der Waals surface area contributed by atoms with Crippen LogP contribution in [0.4, 0.5) is 4.39 Å². The van der Waals surface area contributed by atoms with Crippen LogP contribution < -0.4 is 10.6 Å². The lowest BCUT2D eigenvalue weighted by Gasteiger charge is -2.33. The number of methoxy groups -OCH3 is 1. The molecular weight excluding hydrogens is 383 g/mol. The van der Waals surface area contributed by atoms with Crippen LogP contribution in [0, 0.1) is 5.82 Å². The molecule has 6 nitrogen and oxygen atoms in total. The average Bonchev–Trinajstić information content (AvgIpc) is 3.29. The van der Waals surface area contributed by atoms with Crippen molar-refractivity contribution < 1.29 is 13.5 Å². The van der Waals surface area contributed by atoms with E-state index in [9.17, 15) is 4.39 Å². The Balaban J connectivity index is 1.67. The molecule has 7 heteroatoms. The summed E-state index contributed by atoms with van der Waals surface area (Å²) in [7, 11) is 1.56. The molecule has 2 heterocycles. The van der Waals surface area contributed by atoms with E-state index in [-0.39, 0.29) is 18.5 Å². The SMILES string of the molecule is CCNC(=NCc1ccc(F)c(COC)c1)NCC(c1ccco1)N1CCCCC1. The van der Waals surface area contributed by atoms with Crippen LogP contribution in [-0.4, -0.2) is 44.1 Å². The summed E-state index contributed by atoms with van der Waals surface area (Å²) in [5.74, 6) is 1.46. The summed E-state index contributed by atoms with van der Waals surface area (Å²) in [5.41, 5.74) is 1.49. The van der Waals surface area contributed by atoms with Gasteiger partial charge in [0.05, 0.1) is 25.5 Å². The molecule has 1 unspecified atom stereocenters. The van der Waals surface area contributed by atoms with Crippen LogP contribution in [0.1, 0.15) is 49.1 Å². The summed E-state index contributed by atoms with van der Waals surface area (Å²) < 4.78 is 24.6. The molecule has 0 amide bonds. The van der Waals surface area contributed by atoms with Crippen molar-refractivity contribution in [2.75, 3.05) is 33.3 Å². The number of nitrogens with one attached hydrogen (secondary N) is 2. The summed E-state index contributed by atoms with van der Waals surface area (Å²) in [5, 5.41) is 6.76. The molecule has 1 aliphatic rings. The number of benzene rings is 1. The highest BCUT2D eigenvalue weighted by atomic mass is 19.1. The van der Waals surface area contributed by atoms with E-state index >= 15 is 0 Å². The van der Waals surface area contributed by atoms with Crippen LogP contribution in [0.5, 0.6) is 0 Å². The van der Waals surface area contributed by atoms with Gasteiger partial charge in [0.1, 0.15) is 11.6 Å². The molecule has 1 aromatic carbocycles. The molecule has 30 heavy (non-hydrogen) atoms. The van der Waals surface area contributed by atoms with Crippen LogP contribution in [0.25, 0.3) is 0 Å². The smallest absolute Gasteiger partial charge is 0.191 e. The maximum atomic E-state index is 13.8. The van der Waals surface area contributed by atoms with Gasteiger partial charge in [0, 0.05) is 25.8 Å². The number of halogens is 1. The Hall–Kier alpha value is -2.38. The summed E-state index contributed by atoms with van der Waals surface area (Å²) in [4.78, 5) is 7.18. The first-order valence-corrected chi connectivity index (χ1v) is 10.8. The Kier molecular flexibility index (Phi) is 8.71. The summed E-state index contributed by atoms with van der Waals surface area (Å²) in [6, 6.07) is 9.21. The fraction of sp³-hybridized carbons (Fsp3) is 0.522. The van der Waals surface area contributed by atoms with Crippen LogP contribution in [0.2, 0.25) is 0 Å². The first-order valence-electron chi connectivity index (χ1n) is 10.8. The molecule has 1 fully saturated rings. The number of furan rings is 1. The van der Waals surface area contributed by atoms with Crippen molar-refractivity contribution in [2.45, 2.75) is 45.4 Å². The first-order chi connectivity index (χ1) is 14.7. The van der Waals surface area contributed by atoms with E-state index in [0.29, 0.717) is 18.7 Å². The van der Waals surface area contributed by atoms with Gasteiger partial charge in [-0.1, -0.05) is 12.5 Å². The number of hydrogen-bond donors (Lipinski definition) is 2. The third kappa shape index (κ3) is 6.31. The third-order valence-electron chi connectivity index (χ3n) is 5.34. The second-order valence-corrected chi connectivity index (χ2v) is 7.56. The molecule has 1 aliphatic heterocycles. The number of piperidine rings is 1. The van der Waals surface area contributed by atoms with Crippen molar-refractivity contribution in [1.82, 2.24) is 15.5 Å². The summed E-state index contributed by atoms with van der Waals surface area (Å²) in [6.07, 6.45) is 5.47. The predicted octanol–water partition coefficient (Wildman–Crippen LogP) is 3.85. The fourth-order valence-corrected chi connectivity index (χ4v) is 3.82. The van der Waals surface area contributed by atoms with Crippen LogP contribution in [-0.2, 0) is 17.9 Å². The van der Waals surface area contributed by atoms with E-state index in [1.54, 1.807) is 19.4 Å². The number of likely N-dealkylation sites (tertiary alicyclic amines) is 1. The largest absolute Gasteiger partial charge is 0.468 e. The summed E-state index contributed by atoms with van der Waals surface area (Å²) >= 11 is 0. The van der Waals surface area contributed by atoms with Gasteiger partial charge >= 0.3 is 0 Å². The number of guanidine groups is 1. The second-order valence-electron chi connectivity index (χ2n) is 7.56. The maximum Gasteiger partial charge on any atom is 0.191 e. The number of rotatable bonds is 9. The quantitative estimate of drug-likeness (QED) is 0.480. The predicted molar refractivity (Wildman–Crippen MR) is 117 cm³/mol. The zero-order chi connectivity index (χ0) is 21.2. The number of nitrogens with zero attached hydrogens (tertiary/aromatic N) is 2. The molecule has 0 aliphatic carbocycles. The standard InChI is InChI=1S/C23H33FN4O2/c1-3-25-23(26-15-18-9-10-20(24)19(14-18)17-29-2)27-16-21(22-8-7-13-30-22)28-11-5-4-6-12-28/h7-10,13-14,21H,3-6,11-12,15-17H2,1-2H3,(H2,25,26,27). The third-order valence-corrected chi connectivity index (χ3v) is 5.34. The number of aliphatic imine (C=N–C) groups is 1. The van der Waals surface area contributed by atoms with E-state index in [1.807, 2.05) is 25.1 Å². The molecule has 0 radical (unpaired) electrons. The van der Waals surface area contributed by atoms with Gasteiger partial charge in [-0.2, -0.15) is 0 Å². The lowest BCUT2D eigenvalue weighted by Crippen LogP contribution is -2.44. The van der Waals surface area contributed by atoms with Gasteiger partial charge in [0.2, 0.25) is 0 Å². The van der Waals surface area contributed by atoms with Crippen molar-refractivity contribution in [2.24, 2.45) is 4.99 Å². The monoisotopic (exact) mass is 416 g/mol. The van der Waals surface area contributed by atoms with E-state index in [1.165, 1.54) is 25.3 Å². The van der Waals surface area contributed by atoms with Crippen molar-refractivity contribution in [3.05, 3.63) is 59.3 Å². The van der Waals surface area contributed by atoms with Crippen molar-refractivity contribution >= 4 is 5.96 Å². The van der Waals surface area contributed by atoms with Gasteiger partial charge in [0.25, 0.3) is 0 Å². The van der Waals surface area contributed by atoms with Gasteiger partial charge in [-0.25, -0.2) is 9.38 Å². The number of ether oxygens (including phenoxy) is 1. The molecule has 164 valence electrons. The van der Waals surface area contributed by atoms with E-state index < -0.39 is 0 Å². The highest BCUT2D eigenvalue weighted by molar-refractivity contribution is 5.79. The molecule has 3 rings (SSSR count). The average molecular weight is 417 g/mol. The minimum absolute atomic E-state index is 0.170. The normalized spacial score (nSPS) is 16.4. The highest BCUT2D eigenvalue weighted by Crippen LogP contribution is 2.24. The summed E-state index contributed by atoms with van der Waals surface area (Å²) in [6.45, 7) is 6.39. The molecule has 1 aromatic heterocycles. The highest BCUT2D eigenvalue weighted by Gasteiger charge is 2.24. The van der Waals surface area contributed by atoms with Gasteiger partial charge in [-0.05, 0) is 62.7 Å². The minimum Gasteiger partial charge on any atom is -0.468 e. The Bertz CT molecular complexity index is 789. The molecule has 1 atom stereocenters. The van der Waals surface area contributed by atoms with E-state index in [2.05, 4.69) is 15.5 Å². The Labute approximate surface area is 178 Å². The van der Waals surface area contributed by atoms with Crippen molar-refractivity contribution in [3.8, 4) is 0 Å². The van der Waals surface area contributed by atoms with Gasteiger partial charge in [-0.15, -0.1) is 0 Å². The maximum absolute atomic E-state index is 13.8. The zero-order valence-corrected chi connectivity index (χ0v) is 18.0. The van der Waals surface area contributed by atoms with E-state index in [0.717, 1.165) is 36.9 Å². The molecule has 0 spiro atoms. The van der Waals surface area contributed by atoms with Gasteiger partial charge < -0.3 is 19.8 Å². The minimum atomic E-state index is -0.252. The molecule has 2 N–H and O–H groups in total. The zero-order valence-electron chi connectivity index (χ0n) is 18.0. The molecule has 2 aromatic rings. The fourth-order valence-electron chi connectivity index (χ4n) is 3.82. The van der Waals surface area contributed by atoms with Crippen molar-refractivity contribution in [3.63, 3.8) is 0 Å².